The Morgan fingerprint density at radius 2 is 1.74 bits per heavy atom. The third-order valence-corrected chi connectivity index (χ3v) is 3.60. The Hall–Kier alpha value is -2.33. The molecule has 5 heteroatoms. The van der Waals surface area contributed by atoms with E-state index in [9.17, 15) is 9.59 Å². The fraction of sp³-hybridized carbons (Fsp3) is 0.222. The van der Waals surface area contributed by atoms with E-state index in [1.165, 1.54) is 0 Å². The van der Waals surface area contributed by atoms with E-state index < -0.39 is 0 Å². The van der Waals surface area contributed by atoms with Crippen LogP contribution < -0.4 is 10.6 Å². The summed E-state index contributed by atoms with van der Waals surface area (Å²) >= 11 is 6.06. The smallest absolute Gasteiger partial charge is 0.243 e. The summed E-state index contributed by atoms with van der Waals surface area (Å²) < 4.78 is 0. The summed E-state index contributed by atoms with van der Waals surface area (Å²) in [6, 6.07) is 13.1. The van der Waals surface area contributed by atoms with E-state index in [1.54, 1.807) is 12.1 Å². The minimum absolute atomic E-state index is 0.0884. The first-order valence-corrected chi connectivity index (χ1v) is 7.70. The number of anilines is 1. The maximum Gasteiger partial charge on any atom is 0.243 e. The van der Waals surface area contributed by atoms with Crippen LogP contribution in [0, 0.1) is 13.8 Å². The zero-order valence-corrected chi connectivity index (χ0v) is 13.9. The SMILES string of the molecule is Cc1cccc(CC(=O)NCC(=O)Nc2ccc(C)cc2Cl)c1. The second kappa shape index (κ2) is 7.79. The van der Waals surface area contributed by atoms with Crippen LogP contribution in [0.4, 0.5) is 5.69 Å². The highest BCUT2D eigenvalue weighted by atomic mass is 35.5. The van der Waals surface area contributed by atoms with Crippen LogP contribution in [0.15, 0.2) is 42.5 Å². The Labute approximate surface area is 140 Å². The number of carbonyl (C=O) groups excluding carboxylic acids is 2. The van der Waals surface area contributed by atoms with Gasteiger partial charge in [0.05, 0.1) is 23.7 Å². The van der Waals surface area contributed by atoms with Crippen LogP contribution in [0.3, 0.4) is 0 Å². The Balaban J connectivity index is 1.83. The number of nitrogens with one attached hydrogen (secondary N) is 2. The molecule has 0 aromatic heterocycles. The molecule has 2 rings (SSSR count). The highest BCUT2D eigenvalue weighted by Gasteiger charge is 2.09. The summed E-state index contributed by atoms with van der Waals surface area (Å²) in [6.07, 6.45) is 0.250. The van der Waals surface area contributed by atoms with Crippen LogP contribution >= 0.6 is 11.6 Å². The first-order valence-electron chi connectivity index (χ1n) is 7.32. The number of hydrogen-bond acceptors (Lipinski definition) is 2. The normalized spacial score (nSPS) is 10.2. The molecule has 0 saturated carbocycles. The Morgan fingerprint density at radius 3 is 2.43 bits per heavy atom. The second-order valence-electron chi connectivity index (χ2n) is 5.47. The molecular weight excluding hydrogens is 312 g/mol. The molecule has 23 heavy (non-hydrogen) atoms. The highest BCUT2D eigenvalue weighted by molar-refractivity contribution is 6.33. The van der Waals surface area contributed by atoms with E-state index in [0.717, 1.165) is 16.7 Å². The zero-order chi connectivity index (χ0) is 16.8. The standard InChI is InChI=1S/C18H19ClN2O2/c1-12-4-3-5-14(8-12)10-17(22)20-11-18(23)21-16-7-6-13(2)9-15(16)19/h3-9H,10-11H2,1-2H3,(H,20,22)(H,21,23). The number of halogens is 1. The van der Waals surface area contributed by atoms with Gasteiger partial charge in [-0.15, -0.1) is 0 Å². The van der Waals surface area contributed by atoms with Gasteiger partial charge >= 0.3 is 0 Å². The van der Waals surface area contributed by atoms with Crippen molar-refractivity contribution in [2.45, 2.75) is 20.3 Å². The number of rotatable bonds is 5. The zero-order valence-electron chi connectivity index (χ0n) is 13.2. The van der Waals surface area contributed by atoms with Gasteiger partial charge in [-0.3, -0.25) is 9.59 Å². The maximum atomic E-state index is 11.9. The lowest BCUT2D eigenvalue weighted by Gasteiger charge is -2.09. The molecule has 2 amide bonds. The molecule has 2 aromatic rings. The lowest BCUT2D eigenvalue weighted by atomic mass is 10.1. The molecule has 4 nitrogen and oxygen atoms in total. The average molecular weight is 331 g/mol. The first kappa shape index (κ1) is 17.0. The van der Waals surface area contributed by atoms with E-state index in [4.69, 9.17) is 11.6 Å². The molecule has 0 aliphatic carbocycles. The fourth-order valence-corrected chi connectivity index (χ4v) is 2.45. The highest BCUT2D eigenvalue weighted by Crippen LogP contribution is 2.22. The van der Waals surface area contributed by atoms with Gasteiger partial charge in [-0.1, -0.05) is 47.5 Å². The number of hydrogen-bond donors (Lipinski definition) is 2. The van der Waals surface area contributed by atoms with E-state index in [-0.39, 0.29) is 24.8 Å². The van der Waals surface area contributed by atoms with Gasteiger partial charge in [0.1, 0.15) is 0 Å². The van der Waals surface area contributed by atoms with E-state index in [2.05, 4.69) is 10.6 Å². The molecule has 2 N–H and O–H groups in total. The van der Waals surface area contributed by atoms with E-state index in [1.807, 2.05) is 44.2 Å². The molecule has 0 unspecified atom stereocenters. The van der Waals surface area contributed by atoms with Crippen LogP contribution in [0.2, 0.25) is 5.02 Å². The monoisotopic (exact) mass is 330 g/mol. The molecule has 0 saturated heterocycles. The summed E-state index contributed by atoms with van der Waals surface area (Å²) in [7, 11) is 0. The lowest BCUT2D eigenvalue weighted by molar-refractivity contribution is -0.123. The van der Waals surface area contributed by atoms with Crippen LogP contribution in [-0.2, 0) is 16.0 Å². The van der Waals surface area contributed by atoms with Crippen molar-refractivity contribution in [1.29, 1.82) is 0 Å². The van der Waals surface area contributed by atoms with Gasteiger partial charge in [0.2, 0.25) is 11.8 Å². The van der Waals surface area contributed by atoms with E-state index in [0.29, 0.717) is 10.7 Å². The molecule has 0 aliphatic heterocycles. The number of carbonyl (C=O) groups is 2. The summed E-state index contributed by atoms with van der Waals surface area (Å²) in [5.41, 5.74) is 3.57. The maximum absolute atomic E-state index is 11.9. The van der Waals surface area contributed by atoms with Crippen molar-refractivity contribution >= 4 is 29.1 Å². The predicted octanol–water partition coefficient (Wildman–Crippen LogP) is 3.25. The van der Waals surface area contributed by atoms with Crippen LogP contribution in [0.25, 0.3) is 0 Å². The van der Waals surface area contributed by atoms with Gasteiger partial charge in [0, 0.05) is 0 Å². The fourth-order valence-electron chi connectivity index (χ4n) is 2.16. The first-order chi connectivity index (χ1) is 10.9. The van der Waals surface area contributed by atoms with Crippen molar-refractivity contribution in [3.63, 3.8) is 0 Å². The summed E-state index contributed by atoms with van der Waals surface area (Å²) in [6.45, 7) is 3.80. The van der Waals surface area contributed by atoms with Crippen LogP contribution in [-0.4, -0.2) is 18.4 Å². The number of aryl methyl sites for hydroxylation is 2. The number of amides is 2. The van der Waals surface area contributed by atoms with Gasteiger partial charge in [-0.05, 0) is 37.1 Å². The van der Waals surface area contributed by atoms with Crippen LogP contribution in [0.5, 0.6) is 0 Å². The summed E-state index contributed by atoms with van der Waals surface area (Å²) in [5, 5.41) is 5.76. The third kappa shape index (κ3) is 5.42. The quantitative estimate of drug-likeness (QED) is 0.884. The second-order valence-corrected chi connectivity index (χ2v) is 5.88. The van der Waals surface area contributed by atoms with Crippen molar-refractivity contribution < 1.29 is 9.59 Å². The summed E-state index contributed by atoms with van der Waals surface area (Å²) in [4.78, 5) is 23.8. The minimum atomic E-state index is -0.312. The largest absolute Gasteiger partial charge is 0.347 e. The number of benzene rings is 2. The molecule has 120 valence electrons. The Bertz CT molecular complexity index is 729. The van der Waals surface area contributed by atoms with Crippen LogP contribution in [0.1, 0.15) is 16.7 Å². The van der Waals surface area contributed by atoms with Gasteiger partial charge in [0.25, 0.3) is 0 Å². The molecule has 0 fully saturated rings. The average Bonchev–Trinajstić information content (AvgIpc) is 2.48. The van der Waals surface area contributed by atoms with Crippen molar-refractivity contribution in [2.75, 3.05) is 11.9 Å². The molecule has 0 heterocycles. The van der Waals surface area contributed by atoms with Crippen molar-refractivity contribution in [3.05, 3.63) is 64.2 Å². The van der Waals surface area contributed by atoms with Gasteiger partial charge < -0.3 is 10.6 Å². The minimum Gasteiger partial charge on any atom is -0.347 e. The molecular formula is C18H19ClN2O2. The van der Waals surface area contributed by atoms with Gasteiger partial charge in [0.15, 0.2) is 0 Å². The molecule has 0 atom stereocenters. The van der Waals surface area contributed by atoms with E-state index >= 15 is 0 Å². The van der Waals surface area contributed by atoms with Crippen molar-refractivity contribution in [3.8, 4) is 0 Å². The van der Waals surface area contributed by atoms with Crippen molar-refractivity contribution in [2.24, 2.45) is 0 Å². The van der Waals surface area contributed by atoms with Crippen molar-refractivity contribution in [1.82, 2.24) is 5.32 Å². The molecule has 2 aromatic carbocycles. The topological polar surface area (TPSA) is 58.2 Å². The summed E-state index contributed by atoms with van der Waals surface area (Å²) in [5.74, 6) is -0.505. The lowest BCUT2D eigenvalue weighted by Crippen LogP contribution is -2.33. The van der Waals surface area contributed by atoms with Gasteiger partial charge in [-0.2, -0.15) is 0 Å². The predicted molar refractivity (Wildman–Crippen MR) is 92.7 cm³/mol. The third-order valence-electron chi connectivity index (χ3n) is 3.29. The van der Waals surface area contributed by atoms with Gasteiger partial charge in [-0.25, -0.2) is 0 Å². The molecule has 0 spiro atoms. The Morgan fingerprint density at radius 1 is 1.00 bits per heavy atom. The Kier molecular flexibility index (Phi) is 5.77. The molecule has 0 bridgehead atoms. The molecule has 0 radical (unpaired) electrons. The molecule has 0 aliphatic rings.